The average Bonchev–Trinajstić information content (AvgIpc) is 1.75. The van der Waals surface area contributed by atoms with Crippen molar-refractivity contribution in [3.63, 3.8) is 0 Å². The normalized spacial score (nSPS) is 18.6. The Labute approximate surface area is 544 Å². The van der Waals surface area contributed by atoms with Gasteiger partial charge in [0.15, 0.2) is 0 Å². The topological polar surface area (TPSA) is 360 Å². The van der Waals surface area contributed by atoms with Crippen LogP contribution in [-0.2, 0) is 35.3 Å². The molecule has 0 spiro atoms. The lowest BCUT2D eigenvalue weighted by Gasteiger charge is -2.27. The Morgan fingerprint density at radius 1 is 0.703 bits per heavy atom. The van der Waals surface area contributed by atoms with Gasteiger partial charge < -0.3 is 46.6 Å². The lowest BCUT2D eigenvalue weighted by atomic mass is 9.80. The van der Waals surface area contributed by atoms with E-state index >= 15 is 0 Å². The number of hydrogen-bond donors (Lipinski definition) is 8. The van der Waals surface area contributed by atoms with Crippen molar-refractivity contribution >= 4 is 121 Å². The smallest absolute Gasteiger partial charge is 0.328 e. The van der Waals surface area contributed by atoms with Crippen molar-refractivity contribution in [2.24, 2.45) is 17.8 Å². The molecule has 8 aromatic rings. The monoisotopic (exact) mass is 1350 g/mol. The summed E-state index contributed by atoms with van der Waals surface area (Å²) in [5.74, 6) is -5.92. The van der Waals surface area contributed by atoms with E-state index < -0.39 is 78.2 Å². The molecule has 6 amide bonds. The highest BCUT2D eigenvalue weighted by molar-refractivity contribution is 7.15. The maximum atomic E-state index is 14.4. The van der Waals surface area contributed by atoms with Crippen molar-refractivity contribution in [1.82, 2.24) is 61.5 Å². The Bertz CT molecular complexity index is 4050. The van der Waals surface area contributed by atoms with Gasteiger partial charge in [0.2, 0.25) is 17.7 Å². The second kappa shape index (κ2) is 29.2. The van der Waals surface area contributed by atoms with Crippen molar-refractivity contribution in [2.75, 3.05) is 32.1 Å². The van der Waals surface area contributed by atoms with Gasteiger partial charge in [0.05, 0.1) is 48.1 Å². The van der Waals surface area contributed by atoms with Crippen LogP contribution in [-0.4, -0.2) is 125 Å². The van der Waals surface area contributed by atoms with Crippen LogP contribution >= 0.6 is 68.0 Å². The third-order valence-electron chi connectivity index (χ3n) is 15.0. The second-order valence-corrected chi connectivity index (χ2v) is 27.5. The summed E-state index contributed by atoms with van der Waals surface area (Å²) in [7, 11) is 2.92. The molecule has 91 heavy (non-hydrogen) atoms. The minimum Gasteiger partial charge on any atom is -0.481 e. The molecule has 1 unspecified atom stereocenters. The van der Waals surface area contributed by atoms with Crippen LogP contribution in [0.1, 0.15) is 138 Å². The highest BCUT2D eigenvalue weighted by Gasteiger charge is 2.34. The molecule has 25 nitrogen and oxygen atoms in total. The fraction of sp³-hybridized carbons (Fsp3) is 0.350. The zero-order valence-corrected chi connectivity index (χ0v) is 54.4. The molecule has 8 heterocycles. The predicted octanol–water partition coefficient (Wildman–Crippen LogP) is 8.57. The van der Waals surface area contributed by atoms with Crippen LogP contribution in [0.5, 0.6) is 0 Å². The number of aliphatic hydroxyl groups excluding tert-OH is 1. The van der Waals surface area contributed by atoms with Crippen LogP contribution in [0.4, 0.5) is 5.82 Å². The highest BCUT2D eigenvalue weighted by Crippen LogP contribution is 2.41. The summed E-state index contributed by atoms with van der Waals surface area (Å²) < 4.78 is 5.45. The summed E-state index contributed by atoms with van der Waals surface area (Å²) in [5, 5.41) is 53.9. The number of carboxylic acid groups (broad SMARTS) is 2. The molecule has 4 atom stereocenters. The van der Waals surface area contributed by atoms with Gasteiger partial charge >= 0.3 is 11.9 Å². The van der Waals surface area contributed by atoms with Gasteiger partial charge in [0.1, 0.15) is 82.2 Å². The summed E-state index contributed by atoms with van der Waals surface area (Å²) in [6.45, 7) is 4.79. The van der Waals surface area contributed by atoms with Crippen LogP contribution in [0.25, 0.3) is 43.4 Å². The molecule has 1 fully saturated rings. The largest absolute Gasteiger partial charge is 0.481 e. The standard InChI is InChI=1S/C60H61N13O12S6/c1-28(2)45-59-72-48(39(91-59)23-85-5)52(81)62-22-42(75)69-49(50(79)31-10-7-6-8-11-31)58-67-38(26-88-58)56-65-36(24-87-56)47-33(54-66-37(25-86-54)51(80)64-35(21-41(74)61-4)57-71-46(29(3)90-57)53(82)70-45)17-18-34(63-47)55-68-40(27-89-55)73(19-9-12-44(77)78)43(76)20-30-13-15-32(16-14-30)60(83)84/h6-12,17-18,24-28,30,32,35,45,49-50,79H,13-16,19-23H2,1-5H3,(H,61,74)(H,62,81)(H,64,80)(H,69,75)(H,70,82)(H,77,78)(H,83,84)/b12-9+/t30?,32?,35-,45?,49-,50-/m0/s1. The van der Waals surface area contributed by atoms with Gasteiger partial charge in [-0.2, -0.15) is 0 Å². The van der Waals surface area contributed by atoms with E-state index in [1.807, 2.05) is 13.8 Å². The Morgan fingerprint density at radius 3 is 2.13 bits per heavy atom. The van der Waals surface area contributed by atoms with E-state index in [1.54, 1.807) is 70.9 Å². The maximum Gasteiger partial charge on any atom is 0.328 e. The van der Waals surface area contributed by atoms with Crippen molar-refractivity contribution < 1.29 is 58.4 Å². The van der Waals surface area contributed by atoms with Crippen LogP contribution in [0.15, 0.2) is 76.1 Å². The van der Waals surface area contributed by atoms with E-state index in [-0.39, 0.29) is 71.6 Å². The third kappa shape index (κ3) is 15.5. The predicted molar refractivity (Wildman–Crippen MR) is 344 cm³/mol. The van der Waals surface area contributed by atoms with Gasteiger partial charge in [-0.25, -0.2) is 39.7 Å². The number of anilines is 1. The number of methoxy groups -OCH3 is 1. The number of hydrogen-bond acceptors (Lipinski definition) is 23. The number of amides is 6. The summed E-state index contributed by atoms with van der Waals surface area (Å²) in [6.07, 6.45) is 2.83. The molecular formula is C60H61N13O12S6. The molecule has 31 heteroatoms. The number of benzene rings is 1. The molecule has 10 bridgehead atoms. The van der Waals surface area contributed by atoms with Crippen molar-refractivity contribution in [3.8, 4) is 43.4 Å². The van der Waals surface area contributed by atoms with E-state index in [2.05, 4.69) is 26.6 Å². The number of carbonyl (C=O) groups excluding carboxylic acids is 6. The number of nitrogens with one attached hydrogen (secondary N) is 5. The van der Waals surface area contributed by atoms with Crippen LogP contribution in [0.2, 0.25) is 0 Å². The van der Waals surface area contributed by atoms with E-state index in [4.69, 9.17) is 39.6 Å². The number of ether oxygens (including phenoxy) is 1. The van der Waals surface area contributed by atoms with Crippen LogP contribution in [0.3, 0.4) is 0 Å². The number of aryl methyl sites for hydroxylation is 1. The van der Waals surface area contributed by atoms with Gasteiger partial charge in [-0.1, -0.05) is 50.3 Å². The molecule has 7 aromatic heterocycles. The molecule has 474 valence electrons. The van der Waals surface area contributed by atoms with Gasteiger partial charge in [-0.05, 0) is 62.1 Å². The lowest BCUT2D eigenvalue weighted by molar-refractivity contribution is -0.143. The third-order valence-corrected chi connectivity index (χ3v) is 20.7. The number of thiazole rings is 6. The van der Waals surface area contributed by atoms with Crippen LogP contribution in [0, 0.1) is 24.7 Å². The quantitative estimate of drug-likeness (QED) is 0.0445. The van der Waals surface area contributed by atoms with E-state index in [9.17, 15) is 53.7 Å². The summed E-state index contributed by atoms with van der Waals surface area (Å²) in [5.41, 5.74) is 2.37. The summed E-state index contributed by atoms with van der Waals surface area (Å²) >= 11 is 7.01. The fourth-order valence-electron chi connectivity index (χ4n) is 10.3. The van der Waals surface area contributed by atoms with Crippen molar-refractivity contribution in [3.05, 3.63) is 124 Å². The Morgan fingerprint density at radius 2 is 1.41 bits per heavy atom. The minimum absolute atomic E-state index is 0.00856. The first-order valence-corrected chi connectivity index (χ1v) is 33.8. The second-order valence-electron chi connectivity index (χ2n) is 21.7. The van der Waals surface area contributed by atoms with Gasteiger partial charge in [0.25, 0.3) is 17.7 Å². The highest BCUT2D eigenvalue weighted by atomic mass is 32.1. The number of fused-ring (bicyclic) bond motifs is 14. The zero-order chi connectivity index (χ0) is 64.6. The molecule has 0 saturated heterocycles. The lowest BCUT2D eigenvalue weighted by Crippen LogP contribution is -2.40. The first kappa shape index (κ1) is 65.5. The SMILES string of the molecule is CNC(=O)C[C@@H]1NC(=O)c2csc(n2)-c2ccc(-c3nc(N(C/C=C/C(=O)O)C(=O)CC4CCC(C(=O)O)CC4)cs3)nc2-c2csc(n2)-c2csc(n2)[C@H]([C@@H](O)c2ccccc2)NC(=O)CNC(=O)c2nc(sc2COC)C(C(C)C)NC(=O)c2nc1sc2C. The first-order chi connectivity index (χ1) is 43.7. The Balaban J connectivity index is 1.04. The number of aromatic nitrogens is 7. The van der Waals surface area contributed by atoms with E-state index in [1.165, 1.54) is 59.1 Å². The molecular weight excluding hydrogens is 1290 g/mol. The first-order valence-electron chi connectivity index (χ1n) is 28.6. The molecule has 8 N–H and O–H groups in total. The number of aliphatic carboxylic acids is 2. The molecule has 10 rings (SSSR count). The van der Waals surface area contributed by atoms with Crippen LogP contribution < -0.4 is 31.5 Å². The summed E-state index contributed by atoms with van der Waals surface area (Å²) in [4.78, 5) is 144. The molecule has 1 aromatic carbocycles. The zero-order valence-electron chi connectivity index (χ0n) is 49.5. The molecule has 1 saturated carbocycles. The Kier molecular flexibility index (Phi) is 21.1. The molecule has 2 aliphatic rings. The van der Waals surface area contributed by atoms with Gasteiger partial charge in [-0.3, -0.25) is 38.5 Å². The minimum atomic E-state index is -1.31. The molecule has 0 radical (unpaired) electrons. The van der Waals surface area contributed by atoms with Gasteiger partial charge in [-0.15, -0.1) is 68.0 Å². The molecule has 1 aliphatic carbocycles. The maximum absolute atomic E-state index is 14.4. The van der Waals surface area contributed by atoms with Crippen molar-refractivity contribution in [1.29, 1.82) is 0 Å². The van der Waals surface area contributed by atoms with E-state index in [0.717, 1.165) is 40.1 Å². The number of aliphatic hydroxyl groups is 1. The number of carbonyl (C=O) groups is 8. The Hall–Kier alpha value is -8.43. The number of pyridine rings is 1. The number of carboxylic acids is 2. The van der Waals surface area contributed by atoms with Gasteiger partial charge in [0, 0.05) is 65.2 Å². The van der Waals surface area contributed by atoms with Crippen molar-refractivity contribution in [2.45, 2.75) is 90.1 Å². The number of nitrogens with zero attached hydrogens (tertiary/aromatic N) is 8. The number of rotatable bonds is 15. The molecule has 1 aliphatic heterocycles. The van der Waals surface area contributed by atoms with E-state index in [0.29, 0.717) is 94.4 Å². The average molecular weight is 1350 g/mol. The fourth-order valence-corrected chi connectivity index (χ4v) is 15.8. The summed E-state index contributed by atoms with van der Waals surface area (Å²) in [6, 6.07) is 9.28.